The second-order valence-electron chi connectivity index (χ2n) is 6.82. The zero-order chi connectivity index (χ0) is 18.6. The third kappa shape index (κ3) is 3.67. The highest BCUT2D eigenvalue weighted by molar-refractivity contribution is 5.85. The van der Waals surface area contributed by atoms with E-state index >= 15 is 0 Å². The summed E-state index contributed by atoms with van der Waals surface area (Å²) in [6.45, 7) is 3.30. The van der Waals surface area contributed by atoms with Gasteiger partial charge in [-0.25, -0.2) is 4.79 Å². The number of urea groups is 1. The molecule has 27 heavy (non-hydrogen) atoms. The lowest BCUT2D eigenvalue weighted by atomic mass is 10.1. The molecule has 4 N–H and O–H groups in total. The second-order valence-corrected chi connectivity index (χ2v) is 6.82. The summed E-state index contributed by atoms with van der Waals surface area (Å²) in [5.74, 6) is 0. The topological polar surface area (TPSA) is 72.7 Å². The molecule has 0 spiro atoms. The number of hydrogen-bond acceptors (Lipinski definition) is 1. The van der Waals surface area contributed by atoms with Crippen LogP contribution >= 0.6 is 0 Å². The summed E-state index contributed by atoms with van der Waals surface area (Å²) >= 11 is 0. The fourth-order valence-electron chi connectivity index (χ4n) is 3.67. The van der Waals surface area contributed by atoms with E-state index in [1.807, 2.05) is 30.5 Å². The summed E-state index contributed by atoms with van der Waals surface area (Å²) in [4.78, 5) is 18.7. The molecule has 0 unspecified atom stereocenters. The van der Waals surface area contributed by atoms with Crippen molar-refractivity contribution in [1.82, 2.24) is 20.6 Å². The van der Waals surface area contributed by atoms with Gasteiger partial charge in [0.25, 0.3) is 0 Å². The first-order chi connectivity index (χ1) is 13.2. The third-order valence-corrected chi connectivity index (χ3v) is 5.04. The van der Waals surface area contributed by atoms with E-state index in [0.29, 0.717) is 13.1 Å². The van der Waals surface area contributed by atoms with Crippen molar-refractivity contribution < 1.29 is 4.79 Å². The maximum absolute atomic E-state index is 12.1. The van der Waals surface area contributed by atoms with E-state index in [-0.39, 0.29) is 6.03 Å². The molecule has 0 aliphatic carbocycles. The highest BCUT2D eigenvalue weighted by Crippen LogP contribution is 2.22. The van der Waals surface area contributed by atoms with E-state index in [1.54, 1.807) is 0 Å². The molecule has 5 nitrogen and oxygen atoms in total. The predicted octanol–water partition coefficient (Wildman–Crippen LogP) is 4.04. The fraction of sp³-hybridized carbons (Fsp3) is 0.227. The average Bonchev–Trinajstić information content (AvgIpc) is 3.23. The third-order valence-electron chi connectivity index (χ3n) is 5.04. The van der Waals surface area contributed by atoms with Gasteiger partial charge in [0.15, 0.2) is 0 Å². The average molecular weight is 360 g/mol. The molecule has 0 aliphatic heterocycles. The Hall–Kier alpha value is -3.21. The van der Waals surface area contributed by atoms with Gasteiger partial charge in [-0.1, -0.05) is 36.4 Å². The van der Waals surface area contributed by atoms with Crippen molar-refractivity contribution in [2.75, 3.05) is 13.1 Å². The monoisotopic (exact) mass is 360 g/mol. The SMILES string of the molecule is Cc1[nH]c2ccccc2c1CCNC(=O)NCCc1c[nH]c2ccccc12. The zero-order valence-corrected chi connectivity index (χ0v) is 15.4. The normalized spacial score (nSPS) is 11.1. The molecule has 0 radical (unpaired) electrons. The lowest BCUT2D eigenvalue weighted by molar-refractivity contribution is 0.241. The molecule has 0 saturated heterocycles. The highest BCUT2D eigenvalue weighted by Gasteiger charge is 2.08. The van der Waals surface area contributed by atoms with Crippen molar-refractivity contribution in [2.24, 2.45) is 0 Å². The van der Waals surface area contributed by atoms with Gasteiger partial charge in [-0.2, -0.15) is 0 Å². The Labute approximate surface area is 158 Å². The van der Waals surface area contributed by atoms with E-state index < -0.39 is 0 Å². The molecule has 5 heteroatoms. The molecule has 0 aliphatic rings. The Kier molecular flexibility index (Phi) is 4.83. The first-order valence-electron chi connectivity index (χ1n) is 9.35. The largest absolute Gasteiger partial charge is 0.361 e. The summed E-state index contributed by atoms with van der Waals surface area (Å²) in [7, 11) is 0. The Morgan fingerprint density at radius 1 is 0.889 bits per heavy atom. The molecule has 4 rings (SSSR count). The van der Waals surface area contributed by atoms with Crippen LogP contribution in [-0.4, -0.2) is 29.1 Å². The number of benzene rings is 2. The van der Waals surface area contributed by atoms with Crippen molar-refractivity contribution in [2.45, 2.75) is 19.8 Å². The van der Waals surface area contributed by atoms with Crippen LogP contribution in [0.3, 0.4) is 0 Å². The summed E-state index contributed by atoms with van der Waals surface area (Å²) in [6, 6.07) is 16.4. The Morgan fingerprint density at radius 2 is 1.56 bits per heavy atom. The minimum atomic E-state index is -0.118. The molecular weight excluding hydrogens is 336 g/mol. The van der Waals surface area contributed by atoms with Gasteiger partial charge in [-0.3, -0.25) is 0 Å². The highest BCUT2D eigenvalue weighted by atomic mass is 16.2. The van der Waals surface area contributed by atoms with Crippen LogP contribution in [0.5, 0.6) is 0 Å². The molecule has 0 atom stereocenters. The molecule has 4 aromatic rings. The zero-order valence-electron chi connectivity index (χ0n) is 15.4. The van der Waals surface area contributed by atoms with Gasteiger partial charge in [0.1, 0.15) is 0 Å². The van der Waals surface area contributed by atoms with Gasteiger partial charge in [0.2, 0.25) is 0 Å². The van der Waals surface area contributed by atoms with Crippen molar-refractivity contribution in [3.63, 3.8) is 0 Å². The fourth-order valence-corrected chi connectivity index (χ4v) is 3.67. The van der Waals surface area contributed by atoms with Crippen LogP contribution in [0.15, 0.2) is 54.7 Å². The number of aromatic nitrogens is 2. The number of aromatic amines is 2. The number of nitrogens with one attached hydrogen (secondary N) is 4. The Morgan fingerprint density at radius 3 is 2.37 bits per heavy atom. The first-order valence-corrected chi connectivity index (χ1v) is 9.35. The van der Waals surface area contributed by atoms with Crippen molar-refractivity contribution in [1.29, 1.82) is 0 Å². The van der Waals surface area contributed by atoms with E-state index in [9.17, 15) is 4.79 Å². The van der Waals surface area contributed by atoms with Crippen molar-refractivity contribution in [3.05, 3.63) is 71.5 Å². The lowest BCUT2D eigenvalue weighted by Gasteiger charge is -2.08. The molecule has 0 saturated carbocycles. The second kappa shape index (κ2) is 7.58. The van der Waals surface area contributed by atoms with E-state index in [0.717, 1.165) is 29.6 Å². The smallest absolute Gasteiger partial charge is 0.314 e. The summed E-state index contributed by atoms with van der Waals surface area (Å²) in [5, 5.41) is 8.35. The quantitative estimate of drug-likeness (QED) is 0.412. The maximum atomic E-state index is 12.1. The minimum absolute atomic E-state index is 0.118. The molecule has 0 bridgehead atoms. The van der Waals surface area contributed by atoms with Crippen LogP contribution in [0.1, 0.15) is 16.8 Å². The van der Waals surface area contributed by atoms with Crippen molar-refractivity contribution >= 4 is 27.8 Å². The molecule has 0 fully saturated rings. The van der Waals surface area contributed by atoms with E-state index in [1.165, 1.54) is 21.9 Å². The molecule has 2 aromatic heterocycles. The minimum Gasteiger partial charge on any atom is -0.361 e. The standard InChI is InChI=1S/C22H24N4O/c1-15-17(19-7-3-5-9-21(19)26-15)11-13-24-22(27)23-12-10-16-14-25-20-8-4-2-6-18(16)20/h2-9,14,25-26H,10-13H2,1H3,(H2,23,24,27). The number of aryl methyl sites for hydroxylation is 1. The van der Waals surface area contributed by atoms with E-state index in [2.05, 4.69) is 51.8 Å². The first kappa shape index (κ1) is 17.2. The summed E-state index contributed by atoms with van der Waals surface area (Å²) in [5.41, 5.74) is 5.93. The number of fused-ring (bicyclic) bond motifs is 2. The number of amides is 2. The molecule has 2 aromatic carbocycles. The number of carbonyl (C=O) groups excluding carboxylic acids is 1. The van der Waals surface area contributed by atoms with Crippen LogP contribution in [0.25, 0.3) is 21.8 Å². The van der Waals surface area contributed by atoms with Crippen LogP contribution in [0, 0.1) is 6.92 Å². The lowest BCUT2D eigenvalue weighted by Crippen LogP contribution is -2.37. The number of hydrogen-bond donors (Lipinski definition) is 4. The van der Waals surface area contributed by atoms with Gasteiger partial charge in [0, 0.05) is 46.8 Å². The number of para-hydroxylation sites is 2. The van der Waals surface area contributed by atoms with E-state index in [4.69, 9.17) is 0 Å². The number of carbonyl (C=O) groups is 1. The molecule has 2 heterocycles. The molecule has 138 valence electrons. The predicted molar refractivity (Wildman–Crippen MR) is 110 cm³/mol. The van der Waals surface area contributed by atoms with Crippen LogP contribution in [0.2, 0.25) is 0 Å². The van der Waals surface area contributed by atoms with Gasteiger partial charge >= 0.3 is 6.03 Å². The summed E-state index contributed by atoms with van der Waals surface area (Å²) < 4.78 is 0. The number of H-pyrrole nitrogens is 2. The van der Waals surface area contributed by atoms with Gasteiger partial charge < -0.3 is 20.6 Å². The maximum Gasteiger partial charge on any atom is 0.314 e. The molecule has 2 amide bonds. The number of rotatable bonds is 6. The van der Waals surface area contributed by atoms with Crippen LogP contribution < -0.4 is 10.6 Å². The van der Waals surface area contributed by atoms with Crippen LogP contribution in [-0.2, 0) is 12.8 Å². The van der Waals surface area contributed by atoms with Gasteiger partial charge in [0.05, 0.1) is 0 Å². The van der Waals surface area contributed by atoms with Gasteiger partial charge in [-0.15, -0.1) is 0 Å². The van der Waals surface area contributed by atoms with Gasteiger partial charge in [-0.05, 0) is 43.0 Å². The Bertz CT molecular complexity index is 1080. The van der Waals surface area contributed by atoms with Crippen LogP contribution in [0.4, 0.5) is 4.79 Å². The van der Waals surface area contributed by atoms with Crippen molar-refractivity contribution in [3.8, 4) is 0 Å². The Balaban J connectivity index is 1.26. The summed E-state index contributed by atoms with van der Waals surface area (Å²) in [6.07, 6.45) is 3.63. The molecular formula is C22H24N4O.